The number of sulfonamides is 1. The number of piperidine rings is 1. The number of anilines is 1. The van der Waals surface area contributed by atoms with E-state index in [1.807, 2.05) is 0 Å². The van der Waals surface area contributed by atoms with Crippen LogP contribution in [0.3, 0.4) is 0 Å². The van der Waals surface area contributed by atoms with Gasteiger partial charge in [0, 0.05) is 16.6 Å². The van der Waals surface area contributed by atoms with Crippen LogP contribution in [0.25, 0.3) is 11.5 Å². The maximum absolute atomic E-state index is 13.9. The summed E-state index contributed by atoms with van der Waals surface area (Å²) in [5.74, 6) is -0.759. The molecule has 2 fully saturated rings. The number of halogens is 3. The smallest absolute Gasteiger partial charge is 0.314 e. The first-order valence-corrected chi connectivity index (χ1v) is 13.9. The van der Waals surface area contributed by atoms with E-state index in [0.717, 1.165) is 18.7 Å². The van der Waals surface area contributed by atoms with Gasteiger partial charge in [0.25, 0.3) is 5.89 Å². The molecule has 11 heteroatoms. The third kappa shape index (κ3) is 5.26. The van der Waals surface area contributed by atoms with Crippen LogP contribution in [0.5, 0.6) is 0 Å². The van der Waals surface area contributed by atoms with E-state index in [2.05, 4.69) is 15.1 Å². The van der Waals surface area contributed by atoms with Crippen molar-refractivity contribution in [3.63, 3.8) is 0 Å². The zero-order valence-electron chi connectivity index (χ0n) is 19.6. The van der Waals surface area contributed by atoms with Crippen LogP contribution in [0.4, 0.5) is 14.5 Å². The lowest BCUT2D eigenvalue weighted by atomic mass is 9.90. The van der Waals surface area contributed by atoms with Gasteiger partial charge < -0.3 is 9.32 Å². The van der Waals surface area contributed by atoms with Crippen LogP contribution in [0.2, 0.25) is 5.02 Å². The van der Waals surface area contributed by atoms with Crippen molar-refractivity contribution in [1.29, 1.82) is 0 Å². The quantitative estimate of drug-likeness (QED) is 0.368. The molecule has 1 saturated carbocycles. The number of hydrogen-bond acceptors (Lipinski definition) is 6. The second-order valence-electron chi connectivity index (χ2n) is 9.29. The van der Waals surface area contributed by atoms with E-state index in [4.69, 9.17) is 16.0 Å². The van der Waals surface area contributed by atoms with E-state index in [0.29, 0.717) is 35.2 Å². The van der Waals surface area contributed by atoms with Crippen molar-refractivity contribution in [1.82, 2.24) is 15.1 Å². The van der Waals surface area contributed by atoms with Crippen molar-refractivity contribution in [2.45, 2.75) is 56.4 Å². The van der Waals surface area contributed by atoms with Gasteiger partial charge >= 0.3 is 6.43 Å². The SMILES string of the molecule is O=S(=O)(C1CCN(C2CCC2)CC1)N(Cc1ccc(-c2nnc(C(F)F)o2)cc1)c1cccc(Cl)c1. The molecule has 0 spiro atoms. The minimum Gasteiger partial charge on any atom is -0.415 e. The second kappa shape index (κ2) is 10.4. The molecule has 0 atom stereocenters. The molecule has 192 valence electrons. The highest BCUT2D eigenvalue weighted by Gasteiger charge is 2.37. The van der Waals surface area contributed by atoms with Gasteiger partial charge in [-0.25, -0.2) is 8.42 Å². The van der Waals surface area contributed by atoms with Crippen molar-refractivity contribution in [2.75, 3.05) is 17.4 Å². The third-order valence-corrected chi connectivity index (χ3v) is 9.55. The van der Waals surface area contributed by atoms with Gasteiger partial charge in [-0.1, -0.05) is 36.2 Å². The molecular formula is C25H27ClF2N4O3S. The largest absolute Gasteiger partial charge is 0.415 e. The van der Waals surface area contributed by atoms with Crippen LogP contribution in [-0.4, -0.2) is 47.9 Å². The Morgan fingerprint density at radius 1 is 1.06 bits per heavy atom. The number of hydrogen-bond donors (Lipinski definition) is 0. The Bertz CT molecular complexity index is 1290. The summed E-state index contributed by atoms with van der Waals surface area (Å²) < 4.78 is 59.7. The summed E-state index contributed by atoms with van der Waals surface area (Å²) in [7, 11) is -3.67. The summed E-state index contributed by atoms with van der Waals surface area (Å²) in [5, 5.41) is 6.99. The number of nitrogens with zero attached hydrogens (tertiary/aromatic N) is 4. The molecule has 0 radical (unpaired) electrons. The van der Waals surface area contributed by atoms with E-state index in [1.165, 1.54) is 23.6 Å². The molecule has 1 aliphatic heterocycles. The Morgan fingerprint density at radius 2 is 1.78 bits per heavy atom. The maximum Gasteiger partial charge on any atom is 0.314 e. The van der Waals surface area contributed by atoms with Gasteiger partial charge in [-0.15, -0.1) is 10.2 Å². The van der Waals surface area contributed by atoms with Gasteiger partial charge in [0.2, 0.25) is 15.9 Å². The van der Waals surface area contributed by atoms with Gasteiger partial charge in [0.05, 0.1) is 17.5 Å². The van der Waals surface area contributed by atoms with Gasteiger partial charge in [-0.2, -0.15) is 8.78 Å². The Labute approximate surface area is 214 Å². The summed E-state index contributed by atoms with van der Waals surface area (Å²) in [5.41, 5.74) is 1.70. The second-order valence-corrected chi connectivity index (χ2v) is 11.9. The first-order chi connectivity index (χ1) is 17.3. The van der Waals surface area contributed by atoms with Crippen LogP contribution in [0.1, 0.15) is 50.0 Å². The molecule has 3 aromatic rings. The number of aromatic nitrogens is 2. The van der Waals surface area contributed by atoms with E-state index < -0.39 is 27.6 Å². The van der Waals surface area contributed by atoms with E-state index in [-0.39, 0.29) is 12.4 Å². The molecule has 0 bridgehead atoms. The first kappa shape index (κ1) is 25.1. The Morgan fingerprint density at radius 3 is 2.36 bits per heavy atom. The molecule has 36 heavy (non-hydrogen) atoms. The number of alkyl halides is 2. The minimum atomic E-state index is -3.67. The zero-order valence-corrected chi connectivity index (χ0v) is 21.1. The lowest BCUT2D eigenvalue weighted by Crippen LogP contribution is -2.49. The molecule has 1 aromatic heterocycles. The summed E-state index contributed by atoms with van der Waals surface area (Å²) >= 11 is 6.21. The highest BCUT2D eigenvalue weighted by atomic mass is 35.5. The van der Waals surface area contributed by atoms with E-state index in [9.17, 15) is 17.2 Å². The average molecular weight is 537 g/mol. The fourth-order valence-corrected chi connectivity index (χ4v) is 6.88. The molecule has 5 rings (SSSR count). The van der Waals surface area contributed by atoms with Crippen LogP contribution in [0.15, 0.2) is 52.9 Å². The van der Waals surface area contributed by atoms with Gasteiger partial charge in [-0.05, 0) is 74.7 Å². The third-order valence-electron chi connectivity index (χ3n) is 7.05. The van der Waals surface area contributed by atoms with E-state index in [1.54, 1.807) is 48.5 Å². The normalized spacial score (nSPS) is 17.9. The fourth-order valence-electron chi connectivity index (χ4n) is 4.79. The topological polar surface area (TPSA) is 79.5 Å². The van der Waals surface area contributed by atoms with Crippen LogP contribution in [0, 0.1) is 0 Å². The minimum absolute atomic E-state index is 0.0191. The van der Waals surface area contributed by atoms with E-state index >= 15 is 0 Å². The first-order valence-electron chi connectivity index (χ1n) is 12.0. The number of rotatable bonds is 8. The van der Waals surface area contributed by atoms with Gasteiger partial charge in [0.1, 0.15) is 0 Å². The highest BCUT2D eigenvalue weighted by molar-refractivity contribution is 7.93. The predicted octanol–water partition coefficient (Wildman–Crippen LogP) is 5.68. The molecule has 7 nitrogen and oxygen atoms in total. The molecule has 0 amide bonds. The lowest BCUT2D eigenvalue weighted by molar-refractivity contribution is 0.106. The Hall–Kier alpha value is -2.56. The maximum atomic E-state index is 13.9. The highest BCUT2D eigenvalue weighted by Crippen LogP contribution is 2.33. The molecular weight excluding hydrogens is 510 g/mol. The van der Waals surface area contributed by atoms with Crippen molar-refractivity contribution >= 4 is 27.3 Å². The van der Waals surface area contributed by atoms with Crippen LogP contribution in [-0.2, 0) is 16.6 Å². The molecule has 2 heterocycles. The van der Waals surface area contributed by atoms with Gasteiger partial charge in [0.15, 0.2) is 0 Å². The summed E-state index contributed by atoms with van der Waals surface area (Å²) in [4.78, 5) is 2.43. The molecule has 0 unspecified atom stereocenters. The predicted molar refractivity (Wildman–Crippen MR) is 133 cm³/mol. The number of likely N-dealkylation sites (tertiary alicyclic amines) is 1. The van der Waals surface area contributed by atoms with Crippen molar-refractivity contribution in [2.24, 2.45) is 0 Å². The van der Waals surface area contributed by atoms with Crippen molar-refractivity contribution in [3.8, 4) is 11.5 Å². The van der Waals surface area contributed by atoms with Crippen molar-refractivity contribution in [3.05, 3.63) is 65.0 Å². The molecule has 1 aliphatic carbocycles. The summed E-state index contributed by atoms with van der Waals surface area (Å²) in [6.45, 7) is 1.69. The molecule has 1 saturated heterocycles. The van der Waals surface area contributed by atoms with Crippen LogP contribution < -0.4 is 4.31 Å². The zero-order chi connectivity index (χ0) is 25.3. The fraction of sp³-hybridized carbons (Fsp3) is 0.440. The summed E-state index contributed by atoms with van der Waals surface area (Å²) in [6.07, 6.45) is 2.01. The molecule has 0 N–H and O–H groups in total. The molecule has 2 aliphatic rings. The summed E-state index contributed by atoms with van der Waals surface area (Å²) in [6, 6.07) is 14.2. The van der Waals surface area contributed by atoms with Crippen LogP contribution >= 0.6 is 11.6 Å². The standard InChI is InChI=1S/C25H27ClF2N4O3S/c26-19-3-1-6-21(15-19)32(36(33,34)22-11-13-31(14-12-22)20-4-2-5-20)16-17-7-9-18(10-8-17)24-29-30-25(35-24)23(27)28/h1,3,6-10,15,20,22-23H,2,4-5,11-14,16H2. The average Bonchev–Trinajstić information content (AvgIpc) is 3.33. The Balaban J connectivity index is 1.37. The monoisotopic (exact) mass is 536 g/mol. The lowest BCUT2D eigenvalue weighted by Gasteiger charge is -2.42. The van der Waals surface area contributed by atoms with Crippen molar-refractivity contribution < 1.29 is 21.6 Å². The molecule has 2 aromatic carbocycles. The van der Waals surface area contributed by atoms with Gasteiger partial charge in [-0.3, -0.25) is 4.31 Å². The number of benzene rings is 2. The Kier molecular flexibility index (Phi) is 7.28.